The van der Waals surface area contributed by atoms with Crippen molar-refractivity contribution >= 4 is 12.0 Å². The monoisotopic (exact) mass is 325 g/mol. The highest BCUT2D eigenvalue weighted by Gasteiger charge is 2.35. The summed E-state index contributed by atoms with van der Waals surface area (Å²) >= 11 is 0. The second kappa shape index (κ2) is 8.52. The fourth-order valence-corrected chi connectivity index (χ4v) is 3.55. The number of hydrogen-bond donors (Lipinski definition) is 1. The largest absolute Gasteiger partial charge is 0.449 e. The van der Waals surface area contributed by atoms with E-state index in [4.69, 9.17) is 4.74 Å². The predicted octanol–water partition coefficient (Wildman–Crippen LogP) is 1.84. The first kappa shape index (κ1) is 18.0. The Balaban J connectivity index is 1.85. The number of nitrogens with zero attached hydrogens (tertiary/aromatic N) is 2. The molecule has 2 saturated heterocycles. The van der Waals surface area contributed by atoms with Gasteiger partial charge >= 0.3 is 6.09 Å². The van der Waals surface area contributed by atoms with Crippen LogP contribution in [0.2, 0.25) is 0 Å². The number of carbonyl (C=O) groups is 2. The van der Waals surface area contributed by atoms with Gasteiger partial charge in [0.25, 0.3) is 0 Å². The third-order valence-corrected chi connectivity index (χ3v) is 4.83. The van der Waals surface area contributed by atoms with Crippen LogP contribution < -0.4 is 5.32 Å². The van der Waals surface area contributed by atoms with Crippen molar-refractivity contribution in [3.63, 3.8) is 0 Å². The van der Waals surface area contributed by atoms with Crippen LogP contribution in [0.1, 0.15) is 46.0 Å². The lowest BCUT2D eigenvalue weighted by atomic mass is 9.94. The predicted molar refractivity (Wildman–Crippen MR) is 89.2 cm³/mol. The summed E-state index contributed by atoms with van der Waals surface area (Å²) in [4.78, 5) is 28.3. The van der Waals surface area contributed by atoms with Crippen LogP contribution in [0.3, 0.4) is 0 Å². The molecule has 2 aliphatic heterocycles. The van der Waals surface area contributed by atoms with Crippen molar-refractivity contribution in [3.05, 3.63) is 0 Å². The molecule has 0 aliphatic carbocycles. The Kier molecular flexibility index (Phi) is 6.69. The lowest BCUT2D eigenvalue weighted by molar-refractivity contribution is -0.128. The molecule has 0 aromatic rings. The third-order valence-electron chi connectivity index (χ3n) is 4.83. The van der Waals surface area contributed by atoms with E-state index in [-0.39, 0.29) is 18.0 Å². The number of carbonyl (C=O) groups excluding carboxylic acids is 2. The summed E-state index contributed by atoms with van der Waals surface area (Å²) in [5.41, 5.74) is 0. The van der Waals surface area contributed by atoms with Crippen LogP contribution in [0.25, 0.3) is 0 Å². The zero-order valence-electron chi connectivity index (χ0n) is 14.7. The molecular formula is C17H31N3O3. The van der Waals surface area contributed by atoms with Crippen molar-refractivity contribution in [3.8, 4) is 0 Å². The maximum atomic E-state index is 12.1. The van der Waals surface area contributed by atoms with Crippen LogP contribution in [0, 0.1) is 5.92 Å². The van der Waals surface area contributed by atoms with Crippen molar-refractivity contribution in [2.45, 2.75) is 58.0 Å². The summed E-state index contributed by atoms with van der Waals surface area (Å²) in [5.74, 6) is 0.488. The quantitative estimate of drug-likeness (QED) is 0.857. The molecule has 6 nitrogen and oxygen atoms in total. The van der Waals surface area contributed by atoms with E-state index >= 15 is 0 Å². The molecule has 1 atom stereocenters. The molecule has 1 N–H and O–H groups in total. The summed E-state index contributed by atoms with van der Waals surface area (Å²) in [5, 5.41) is 2.79. The van der Waals surface area contributed by atoms with Crippen LogP contribution in [-0.2, 0) is 9.53 Å². The maximum Gasteiger partial charge on any atom is 0.409 e. The van der Waals surface area contributed by atoms with Crippen molar-refractivity contribution in [1.29, 1.82) is 0 Å². The lowest BCUT2D eigenvalue weighted by Crippen LogP contribution is -2.56. The summed E-state index contributed by atoms with van der Waals surface area (Å²) in [7, 11) is 1.71. The van der Waals surface area contributed by atoms with Gasteiger partial charge in [-0.3, -0.25) is 9.69 Å². The Labute approximate surface area is 139 Å². The first-order chi connectivity index (χ1) is 11.0. The Morgan fingerprint density at radius 2 is 1.83 bits per heavy atom. The molecule has 6 heteroatoms. The lowest BCUT2D eigenvalue weighted by Gasteiger charge is -2.43. The molecule has 0 spiro atoms. The second-order valence-corrected chi connectivity index (χ2v) is 7.05. The molecule has 0 radical (unpaired) electrons. The minimum absolute atomic E-state index is 0.00167. The topological polar surface area (TPSA) is 61.9 Å². The van der Waals surface area contributed by atoms with Crippen molar-refractivity contribution in [2.75, 3.05) is 33.3 Å². The van der Waals surface area contributed by atoms with E-state index in [1.165, 1.54) is 0 Å². The van der Waals surface area contributed by atoms with Crippen LogP contribution in [0.4, 0.5) is 4.79 Å². The van der Waals surface area contributed by atoms with E-state index in [1.807, 2.05) is 13.8 Å². The first-order valence-corrected chi connectivity index (χ1v) is 8.92. The van der Waals surface area contributed by atoms with E-state index < -0.39 is 0 Å². The zero-order valence-corrected chi connectivity index (χ0v) is 14.7. The van der Waals surface area contributed by atoms with Gasteiger partial charge in [0.2, 0.25) is 5.91 Å². The fourth-order valence-electron chi connectivity index (χ4n) is 3.55. The normalized spacial score (nSPS) is 23.8. The SMILES string of the molecule is CNC(=O)[C@H]1CCCCN1C1CCN(C(=O)OCC(C)C)CC1. The highest BCUT2D eigenvalue weighted by atomic mass is 16.6. The molecule has 2 rings (SSSR count). The second-order valence-electron chi connectivity index (χ2n) is 7.05. The molecule has 132 valence electrons. The van der Waals surface area contributed by atoms with Crippen LogP contribution >= 0.6 is 0 Å². The number of hydrogen-bond acceptors (Lipinski definition) is 4. The zero-order chi connectivity index (χ0) is 16.8. The Morgan fingerprint density at radius 3 is 2.43 bits per heavy atom. The highest BCUT2D eigenvalue weighted by Crippen LogP contribution is 2.25. The van der Waals surface area contributed by atoms with Crippen LogP contribution in [0.15, 0.2) is 0 Å². The number of nitrogens with one attached hydrogen (secondary N) is 1. The van der Waals surface area contributed by atoms with Gasteiger partial charge in [-0.15, -0.1) is 0 Å². The van der Waals surface area contributed by atoms with E-state index in [2.05, 4.69) is 10.2 Å². The number of rotatable bonds is 4. The molecule has 2 amide bonds. The molecule has 0 unspecified atom stereocenters. The molecule has 2 aliphatic rings. The molecule has 0 aromatic carbocycles. The van der Waals surface area contributed by atoms with Crippen LogP contribution in [-0.4, -0.2) is 67.2 Å². The molecule has 0 saturated carbocycles. The minimum atomic E-state index is -0.196. The fraction of sp³-hybridized carbons (Fsp3) is 0.882. The standard InChI is InChI=1S/C17H31N3O3/c1-13(2)12-23-17(22)19-10-7-14(8-11-19)20-9-5-4-6-15(20)16(21)18-3/h13-15H,4-12H2,1-3H3,(H,18,21)/t15-/m1/s1. The van der Waals surface area contributed by atoms with Crippen molar-refractivity contribution < 1.29 is 14.3 Å². The number of likely N-dealkylation sites (tertiary alicyclic amines) is 2. The van der Waals surface area contributed by atoms with Crippen molar-refractivity contribution in [2.24, 2.45) is 5.92 Å². The number of ether oxygens (including phenoxy) is 1. The van der Waals surface area contributed by atoms with Gasteiger partial charge in [0, 0.05) is 26.2 Å². The van der Waals surface area contributed by atoms with Gasteiger partial charge in [-0.25, -0.2) is 4.79 Å². The molecular weight excluding hydrogens is 294 g/mol. The summed E-state index contributed by atoms with van der Waals surface area (Å²) in [6, 6.07) is 0.393. The molecule has 2 heterocycles. The summed E-state index contributed by atoms with van der Waals surface area (Å²) in [6.45, 7) is 6.98. The van der Waals surface area contributed by atoms with E-state index in [1.54, 1.807) is 11.9 Å². The number of piperidine rings is 2. The van der Waals surface area contributed by atoms with Gasteiger partial charge in [0.1, 0.15) is 0 Å². The average molecular weight is 325 g/mol. The van der Waals surface area contributed by atoms with Crippen molar-refractivity contribution in [1.82, 2.24) is 15.1 Å². The smallest absolute Gasteiger partial charge is 0.409 e. The molecule has 0 aromatic heterocycles. The van der Waals surface area contributed by atoms with Gasteiger partial charge in [-0.2, -0.15) is 0 Å². The molecule has 0 bridgehead atoms. The Hall–Kier alpha value is -1.30. The Bertz CT molecular complexity index is 406. The average Bonchev–Trinajstić information content (AvgIpc) is 2.59. The first-order valence-electron chi connectivity index (χ1n) is 8.92. The summed E-state index contributed by atoms with van der Waals surface area (Å²) < 4.78 is 5.31. The van der Waals surface area contributed by atoms with Gasteiger partial charge in [0.05, 0.1) is 12.6 Å². The van der Waals surface area contributed by atoms with Crippen LogP contribution in [0.5, 0.6) is 0 Å². The van der Waals surface area contributed by atoms with Gasteiger partial charge in [-0.1, -0.05) is 20.3 Å². The highest BCUT2D eigenvalue weighted by molar-refractivity contribution is 5.81. The van der Waals surface area contributed by atoms with E-state index in [0.29, 0.717) is 18.6 Å². The molecule has 2 fully saturated rings. The number of likely N-dealkylation sites (N-methyl/N-ethyl adjacent to an activating group) is 1. The van der Waals surface area contributed by atoms with E-state index in [0.717, 1.165) is 51.7 Å². The van der Waals surface area contributed by atoms with Gasteiger partial charge in [-0.05, 0) is 38.1 Å². The maximum absolute atomic E-state index is 12.1. The Morgan fingerprint density at radius 1 is 1.13 bits per heavy atom. The van der Waals surface area contributed by atoms with Gasteiger partial charge < -0.3 is 15.0 Å². The summed E-state index contributed by atoms with van der Waals surface area (Å²) in [6.07, 6.45) is 4.86. The number of amides is 2. The molecule has 23 heavy (non-hydrogen) atoms. The van der Waals surface area contributed by atoms with E-state index in [9.17, 15) is 9.59 Å². The third kappa shape index (κ3) is 4.83. The minimum Gasteiger partial charge on any atom is -0.449 e. The van der Waals surface area contributed by atoms with Gasteiger partial charge in [0.15, 0.2) is 0 Å².